The van der Waals surface area contributed by atoms with Gasteiger partial charge in [0.25, 0.3) is 0 Å². The van der Waals surface area contributed by atoms with Gasteiger partial charge in [0.1, 0.15) is 0 Å². The normalized spacial score (nSPS) is 18.6. The maximum Gasteiger partial charge on any atom is 0.234 e. The van der Waals surface area contributed by atoms with Crippen molar-refractivity contribution in [3.8, 4) is 0 Å². The summed E-state index contributed by atoms with van der Waals surface area (Å²) in [6.45, 7) is 2.94. The number of hydrogen-bond donors (Lipinski definition) is 1. The van der Waals surface area contributed by atoms with Crippen molar-refractivity contribution in [1.29, 1.82) is 0 Å². The molecular formula is C9H12ClN3OS. The van der Waals surface area contributed by atoms with Crippen LogP contribution < -0.4 is 5.32 Å². The fraction of sp³-hybridized carbons (Fsp3) is 0.556. The highest BCUT2D eigenvalue weighted by atomic mass is 35.5. The number of hydrogen-bond acceptors (Lipinski definition) is 4. The average molecular weight is 246 g/mol. The van der Waals surface area contributed by atoms with Crippen LogP contribution in [-0.2, 0) is 11.3 Å². The molecule has 1 aliphatic rings. The predicted octanol–water partition coefficient (Wildman–Crippen LogP) is 1.12. The van der Waals surface area contributed by atoms with Gasteiger partial charge < -0.3 is 5.32 Å². The van der Waals surface area contributed by atoms with Crippen molar-refractivity contribution in [2.45, 2.75) is 13.0 Å². The van der Waals surface area contributed by atoms with E-state index in [-0.39, 0.29) is 5.91 Å². The number of amides is 1. The summed E-state index contributed by atoms with van der Waals surface area (Å²) in [7, 11) is 0. The third-order valence-electron chi connectivity index (χ3n) is 2.25. The number of aromatic nitrogens is 1. The molecular weight excluding hydrogens is 234 g/mol. The second-order valence-corrected chi connectivity index (χ2v) is 5.19. The Kier molecular flexibility index (Phi) is 3.56. The first kappa shape index (κ1) is 10.9. The number of nitrogens with zero attached hydrogens (tertiary/aromatic N) is 2. The van der Waals surface area contributed by atoms with Crippen LogP contribution in [0.1, 0.15) is 11.3 Å². The molecule has 1 amide bonds. The van der Waals surface area contributed by atoms with Crippen LogP contribution >= 0.6 is 22.9 Å². The lowest BCUT2D eigenvalue weighted by Gasteiger charge is -2.16. The third-order valence-corrected chi connectivity index (χ3v) is 3.34. The quantitative estimate of drug-likeness (QED) is 0.849. The van der Waals surface area contributed by atoms with E-state index in [4.69, 9.17) is 11.6 Å². The summed E-state index contributed by atoms with van der Waals surface area (Å²) in [4.78, 5) is 18.5. The smallest absolute Gasteiger partial charge is 0.234 e. The Morgan fingerprint density at radius 3 is 3.27 bits per heavy atom. The van der Waals surface area contributed by atoms with Crippen molar-refractivity contribution in [3.63, 3.8) is 0 Å². The zero-order valence-electron chi connectivity index (χ0n) is 8.20. The highest BCUT2D eigenvalue weighted by molar-refractivity contribution is 7.15. The third kappa shape index (κ3) is 3.15. The zero-order chi connectivity index (χ0) is 10.7. The summed E-state index contributed by atoms with van der Waals surface area (Å²) >= 11 is 7.22. The van der Waals surface area contributed by atoms with Gasteiger partial charge in [-0.3, -0.25) is 9.69 Å². The standard InChI is InChI=1S/C9H12ClN3OS/c10-9-12-4-7(15-9)5-13-3-1-2-11-8(14)6-13/h4H,1-3,5-6H2,(H,11,14). The van der Waals surface area contributed by atoms with E-state index in [1.54, 1.807) is 6.20 Å². The Hall–Kier alpha value is -0.650. The maximum absolute atomic E-state index is 11.3. The molecule has 82 valence electrons. The van der Waals surface area contributed by atoms with Gasteiger partial charge in [-0.05, 0) is 6.42 Å². The van der Waals surface area contributed by atoms with Gasteiger partial charge in [-0.2, -0.15) is 0 Å². The Morgan fingerprint density at radius 2 is 2.53 bits per heavy atom. The van der Waals surface area contributed by atoms with E-state index >= 15 is 0 Å². The van der Waals surface area contributed by atoms with E-state index in [1.165, 1.54) is 11.3 Å². The minimum atomic E-state index is 0.100. The van der Waals surface area contributed by atoms with Crippen LogP contribution in [-0.4, -0.2) is 35.4 Å². The maximum atomic E-state index is 11.3. The molecule has 0 spiro atoms. The molecule has 1 aliphatic heterocycles. The molecule has 1 N–H and O–H groups in total. The van der Waals surface area contributed by atoms with Crippen molar-refractivity contribution in [1.82, 2.24) is 15.2 Å². The van der Waals surface area contributed by atoms with Crippen LogP contribution in [0.4, 0.5) is 0 Å². The number of halogens is 1. The van der Waals surface area contributed by atoms with Crippen molar-refractivity contribution >= 4 is 28.8 Å². The molecule has 0 atom stereocenters. The molecule has 0 radical (unpaired) electrons. The van der Waals surface area contributed by atoms with Crippen LogP contribution in [0.5, 0.6) is 0 Å². The second-order valence-electron chi connectivity index (χ2n) is 3.49. The van der Waals surface area contributed by atoms with Gasteiger partial charge >= 0.3 is 0 Å². The minimum absolute atomic E-state index is 0.100. The highest BCUT2D eigenvalue weighted by Crippen LogP contribution is 2.19. The fourth-order valence-corrected chi connectivity index (χ4v) is 2.60. The SMILES string of the molecule is O=C1CN(Cc2cnc(Cl)s2)CCCN1. The number of thiazole rings is 1. The fourth-order valence-electron chi connectivity index (χ4n) is 1.58. The van der Waals surface area contributed by atoms with E-state index in [1.807, 2.05) is 0 Å². The molecule has 2 heterocycles. The van der Waals surface area contributed by atoms with Crippen LogP contribution in [0.2, 0.25) is 4.47 Å². The molecule has 0 unspecified atom stereocenters. The predicted molar refractivity (Wildman–Crippen MR) is 60.0 cm³/mol. The van der Waals surface area contributed by atoms with Gasteiger partial charge in [-0.1, -0.05) is 11.6 Å². The summed E-state index contributed by atoms with van der Waals surface area (Å²) in [6.07, 6.45) is 2.77. The molecule has 6 heteroatoms. The Balaban J connectivity index is 1.95. The number of nitrogens with one attached hydrogen (secondary N) is 1. The number of carbonyl (C=O) groups excluding carboxylic acids is 1. The van der Waals surface area contributed by atoms with E-state index < -0.39 is 0 Å². The second kappa shape index (κ2) is 4.92. The van der Waals surface area contributed by atoms with Gasteiger partial charge in [0.2, 0.25) is 5.91 Å². The summed E-state index contributed by atoms with van der Waals surface area (Å²) < 4.78 is 0.560. The molecule has 0 aliphatic carbocycles. The first-order valence-corrected chi connectivity index (χ1v) is 6.03. The first-order chi connectivity index (χ1) is 7.24. The molecule has 0 bridgehead atoms. The van der Waals surface area contributed by atoms with Crippen LogP contribution in [0.15, 0.2) is 6.20 Å². The molecule has 4 nitrogen and oxygen atoms in total. The lowest BCUT2D eigenvalue weighted by Crippen LogP contribution is -2.32. The van der Waals surface area contributed by atoms with Gasteiger partial charge in [-0.25, -0.2) is 4.98 Å². The van der Waals surface area contributed by atoms with Crippen molar-refractivity contribution in [2.24, 2.45) is 0 Å². The van der Waals surface area contributed by atoms with E-state index in [0.717, 1.165) is 30.9 Å². The summed E-state index contributed by atoms with van der Waals surface area (Å²) in [6, 6.07) is 0. The molecule has 1 aromatic heterocycles. The van der Waals surface area contributed by atoms with Crippen molar-refractivity contribution in [3.05, 3.63) is 15.5 Å². The Bertz CT molecular complexity index is 355. The molecule has 1 saturated heterocycles. The lowest BCUT2D eigenvalue weighted by atomic mass is 10.4. The highest BCUT2D eigenvalue weighted by Gasteiger charge is 2.15. The molecule has 1 aromatic rings. The van der Waals surface area contributed by atoms with Gasteiger partial charge in [-0.15, -0.1) is 11.3 Å². The van der Waals surface area contributed by atoms with Crippen molar-refractivity contribution in [2.75, 3.05) is 19.6 Å². The first-order valence-electron chi connectivity index (χ1n) is 4.83. The zero-order valence-corrected chi connectivity index (χ0v) is 9.77. The van der Waals surface area contributed by atoms with Crippen molar-refractivity contribution < 1.29 is 4.79 Å². The minimum Gasteiger partial charge on any atom is -0.355 e. The van der Waals surface area contributed by atoms with E-state index in [0.29, 0.717) is 11.0 Å². The largest absolute Gasteiger partial charge is 0.355 e. The number of rotatable bonds is 2. The van der Waals surface area contributed by atoms with Gasteiger partial charge in [0.05, 0.1) is 6.54 Å². The van der Waals surface area contributed by atoms with Crippen LogP contribution in [0.3, 0.4) is 0 Å². The molecule has 15 heavy (non-hydrogen) atoms. The lowest BCUT2D eigenvalue weighted by molar-refractivity contribution is -0.121. The average Bonchev–Trinajstić information content (AvgIpc) is 2.46. The van der Waals surface area contributed by atoms with Gasteiger partial charge in [0, 0.05) is 30.7 Å². The Morgan fingerprint density at radius 1 is 1.67 bits per heavy atom. The van der Waals surface area contributed by atoms with E-state index in [2.05, 4.69) is 15.2 Å². The van der Waals surface area contributed by atoms with E-state index in [9.17, 15) is 4.79 Å². The van der Waals surface area contributed by atoms with Crippen LogP contribution in [0.25, 0.3) is 0 Å². The molecule has 0 aromatic carbocycles. The van der Waals surface area contributed by atoms with Crippen LogP contribution in [0, 0.1) is 0 Å². The molecule has 1 fully saturated rings. The Labute approximate surface area is 97.2 Å². The van der Waals surface area contributed by atoms with Gasteiger partial charge in [0.15, 0.2) is 4.47 Å². The topological polar surface area (TPSA) is 45.2 Å². The summed E-state index contributed by atoms with van der Waals surface area (Å²) in [5, 5.41) is 2.85. The summed E-state index contributed by atoms with van der Waals surface area (Å²) in [5.74, 6) is 0.100. The molecule has 0 saturated carbocycles. The summed E-state index contributed by atoms with van der Waals surface area (Å²) in [5.41, 5.74) is 0. The molecule has 2 rings (SSSR count). The monoisotopic (exact) mass is 245 g/mol. The number of carbonyl (C=O) groups is 1.